The standard InChI is InChI=1S/C30H22ClFN4O3.ClH.H2O/c31-26-16-24(10-12-28(26)39-17-20-2-1-3-23(32)14-20)35-30-25-15-22(9-11-27(25)33-18-34-30)21-7-4-19(5-8-21)6-13-29(37)36-38;;/h1-16,18,38H,17H2,(H,36,37)(H,33,34,35);1H;1H2/b13-6+;;. The Kier molecular flexibility index (Phi) is 10.7. The summed E-state index contributed by atoms with van der Waals surface area (Å²) in [6.07, 6.45) is 4.34. The number of anilines is 2. The molecule has 0 aliphatic rings. The highest BCUT2D eigenvalue weighted by molar-refractivity contribution is 6.32. The van der Waals surface area contributed by atoms with Crippen molar-refractivity contribution in [2.75, 3.05) is 5.32 Å². The van der Waals surface area contributed by atoms with Gasteiger partial charge in [-0.05, 0) is 70.8 Å². The number of nitrogens with zero attached hydrogens (tertiary/aromatic N) is 2. The van der Waals surface area contributed by atoms with Crippen LogP contribution in [-0.4, -0.2) is 26.6 Å². The number of hydroxylamine groups is 1. The summed E-state index contributed by atoms with van der Waals surface area (Å²) in [6, 6.07) is 25.1. The summed E-state index contributed by atoms with van der Waals surface area (Å²) in [4.78, 5) is 20.0. The van der Waals surface area contributed by atoms with Gasteiger partial charge in [-0.3, -0.25) is 10.0 Å². The molecule has 0 aliphatic carbocycles. The van der Waals surface area contributed by atoms with Gasteiger partial charge in [0.25, 0.3) is 5.91 Å². The average molecular weight is 595 g/mol. The predicted octanol–water partition coefficient (Wildman–Crippen LogP) is 6.53. The minimum absolute atomic E-state index is 0. The van der Waals surface area contributed by atoms with Crippen molar-refractivity contribution in [2.24, 2.45) is 0 Å². The lowest BCUT2D eigenvalue weighted by Gasteiger charge is -2.12. The number of hydrogen-bond donors (Lipinski definition) is 3. The van der Waals surface area contributed by atoms with Gasteiger partial charge < -0.3 is 15.5 Å². The van der Waals surface area contributed by atoms with Crippen molar-refractivity contribution >= 4 is 58.4 Å². The highest BCUT2D eigenvalue weighted by Gasteiger charge is 2.09. The topological polar surface area (TPSA) is 128 Å². The quantitative estimate of drug-likeness (QED) is 0.106. The fourth-order valence-electron chi connectivity index (χ4n) is 3.95. The van der Waals surface area contributed by atoms with E-state index in [1.54, 1.807) is 35.8 Å². The van der Waals surface area contributed by atoms with Crippen LogP contribution in [0.25, 0.3) is 28.1 Å². The molecule has 0 bridgehead atoms. The normalized spacial score (nSPS) is 10.5. The van der Waals surface area contributed by atoms with E-state index < -0.39 is 5.91 Å². The highest BCUT2D eigenvalue weighted by atomic mass is 35.5. The monoisotopic (exact) mass is 594 g/mol. The zero-order valence-corrected chi connectivity index (χ0v) is 22.9. The third kappa shape index (κ3) is 7.77. The van der Waals surface area contributed by atoms with Gasteiger partial charge in [-0.25, -0.2) is 19.8 Å². The molecule has 5 N–H and O–H groups in total. The van der Waals surface area contributed by atoms with Crippen molar-refractivity contribution in [3.8, 4) is 16.9 Å². The number of hydrogen-bond acceptors (Lipinski definition) is 6. The van der Waals surface area contributed by atoms with Crippen molar-refractivity contribution in [3.63, 3.8) is 0 Å². The van der Waals surface area contributed by atoms with Crippen molar-refractivity contribution in [1.82, 2.24) is 15.4 Å². The molecule has 41 heavy (non-hydrogen) atoms. The molecule has 8 nitrogen and oxygen atoms in total. The molecule has 5 rings (SSSR count). The number of rotatable bonds is 8. The van der Waals surface area contributed by atoms with Gasteiger partial charge in [-0.1, -0.05) is 54.1 Å². The molecule has 4 aromatic carbocycles. The number of amides is 1. The molecule has 1 amide bonds. The van der Waals surface area contributed by atoms with E-state index in [2.05, 4.69) is 15.3 Å². The first-order valence-electron chi connectivity index (χ1n) is 11.9. The number of benzene rings is 4. The fourth-order valence-corrected chi connectivity index (χ4v) is 4.19. The van der Waals surface area contributed by atoms with E-state index in [1.165, 1.54) is 24.5 Å². The number of carbonyl (C=O) groups excluding carboxylic acids is 1. The van der Waals surface area contributed by atoms with Crippen LogP contribution in [0, 0.1) is 5.82 Å². The summed E-state index contributed by atoms with van der Waals surface area (Å²) in [5, 5.41) is 13.1. The Balaban J connectivity index is 0.00000231. The van der Waals surface area contributed by atoms with Gasteiger partial charge in [0.2, 0.25) is 0 Å². The van der Waals surface area contributed by atoms with Gasteiger partial charge >= 0.3 is 0 Å². The van der Waals surface area contributed by atoms with E-state index in [0.29, 0.717) is 27.8 Å². The first-order valence-corrected chi connectivity index (χ1v) is 12.3. The minimum Gasteiger partial charge on any atom is -0.487 e. The lowest BCUT2D eigenvalue weighted by atomic mass is 10.0. The Morgan fingerprint density at radius 1 is 0.976 bits per heavy atom. The summed E-state index contributed by atoms with van der Waals surface area (Å²) in [5.74, 6) is 0.180. The number of halogens is 3. The van der Waals surface area contributed by atoms with Gasteiger partial charge in [-0.15, -0.1) is 12.4 Å². The zero-order chi connectivity index (χ0) is 27.2. The lowest BCUT2D eigenvalue weighted by Crippen LogP contribution is -2.14. The van der Waals surface area contributed by atoms with Crippen LogP contribution in [0.15, 0.2) is 97.3 Å². The van der Waals surface area contributed by atoms with E-state index in [0.717, 1.165) is 27.6 Å². The van der Waals surface area contributed by atoms with Crippen molar-refractivity contribution in [3.05, 3.63) is 119 Å². The van der Waals surface area contributed by atoms with Gasteiger partial charge in [0.05, 0.1) is 10.5 Å². The maximum absolute atomic E-state index is 13.4. The number of fused-ring (bicyclic) bond motifs is 1. The van der Waals surface area contributed by atoms with Crippen molar-refractivity contribution in [2.45, 2.75) is 6.61 Å². The molecule has 210 valence electrons. The van der Waals surface area contributed by atoms with Crippen LogP contribution < -0.4 is 15.5 Å². The Labute approximate surface area is 246 Å². The summed E-state index contributed by atoms with van der Waals surface area (Å²) >= 11 is 6.47. The number of carbonyl (C=O) groups is 1. The van der Waals surface area contributed by atoms with E-state index in [1.807, 2.05) is 48.5 Å². The molecule has 0 atom stereocenters. The predicted molar refractivity (Wildman–Crippen MR) is 160 cm³/mol. The highest BCUT2D eigenvalue weighted by Crippen LogP contribution is 2.32. The number of ether oxygens (including phenoxy) is 1. The van der Waals surface area contributed by atoms with Crippen LogP contribution in [0.2, 0.25) is 5.02 Å². The smallest absolute Gasteiger partial charge is 0.267 e. The van der Waals surface area contributed by atoms with Gasteiger partial charge in [0.1, 0.15) is 30.3 Å². The SMILES string of the molecule is Cl.O.O=C(/C=C/c1ccc(-c2ccc3ncnc(Nc4ccc(OCc5cccc(F)c5)c(Cl)c4)c3c2)cc1)NO. The van der Waals surface area contributed by atoms with Crippen LogP contribution in [0.5, 0.6) is 5.75 Å². The third-order valence-electron chi connectivity index (χ3n) is 5.89. The van der Waals surface area contributed by atoms with Crippen LogP contribution in [0.1, 0.15) is 11.1 Å². The molecule has 0 spiro atoms. The summed E-state index contributed by atoms with van der Waals surface area (Å²) in [6.45, 7) is 0.193. The molecule has 0 unspecified atom stereocenters. The molecular formula is C30H25Cl2FN4O4. The van der Waals surface area contributed by atoms with Crippen LogP contribution in [0.3, 0.4) is 0 Å². The maximum atomic E-state index is 13.4. The molecule has 0 saturated heterocycles. The molecule has 0 radical (unpaired) electrons. The van der Waals surface area contributed by atoms with Gasteiger partial charge in [0.15, 0.2) is 0 Å². The molecule has 0 aliphatic heterocycles. The third-order valence-corrected chi connectivity index (χ3v) is 6.19. The summed E-state index contributed by atoms with van der Waals surface area (Å²) in [5.41, 5.74) is 6.50. The van der Waals surface area contributed by atoms with Crippen molar-refractivity contribution in [1.29, 1.82) is 0 Å². The first-order chi connectivity index (χ1) is 19.0. The molecule has 1 aromatic heterocycles. The first kappa shape index (κ1) is 31.0. The molecule has 11 heteroatoms. The Morgan fingerprint density at radius 3 is 2.49 bits per heavy atom. The molecule has 1 heterocycles. The number of nitrogens with one attached hydrogen (secondary N) is 2. The molecule has 0 fully saturated rings. The van der Waals surface area contributed by atoms with E-state index in [9.17, 15) is 9.18 Å². The van der Waals surface area contributed by atoms with Crippen molar-refractivity contribution < 1.29 is 24.6 Å². The Morgan fingerprint density at radius 2 is 1.76 bits per heavy atom. The van der Waals surface area contributed by atoms with Crippen LogP contribution in [0.4, 0.5) is 15.9 Å². The Bertz CT molecular complexity index is 1680. The van der Waals surface area contributed by atoms with E-state index >= 15 is 0 Å². The van der Waals surface area contributed by atoms with Gasteiger partial charge in [0, 0.05) is 17.1 Å². The minimum atomic E-state index is -0.596. The van der Waals surface area contributed by atoms with Crippen LogP contribution in [-0.2, 0) is 11.4 Å². The lowest BCUT2D eigenvalue weighted by molar-refractivity contribution is -0.124. The second-order valence-corrected chi connectivity index (χ2v) is 8.98. The molecule has 0 saturated carbocycles. The summed E-state index contributed by atoms with van der Waals surface area (Å²) < 4.78 is 19.2. The second-order valence-electron chi connectivity index (χ2n) is 8.57. The molecule has 5 aromatic rings. The van der Waals surface area contributed by atoms with E-state index in [4.69, 9.17) is 21.5 Å². The fraction of sp³-hybridized carbons (Fsp3) is 0.0333. The second kappa shape index (κ2) is 14.2. The largest absolute Gasteiger partial charge is 0.487 e. The van der Waals surface area contributed by atoms with Gasteiger partial charge in [-0.2, -0.15) is 0 Å². The zero-order valence-electron chi connectivity index (χ0n) is 21.3. The van der Waals surface area contributed by atoms with Crippen LogP contribution >= 0.6 is 24.0 Å². The summed E-state index contributed by atoms with van der Waals surface area (Å²) in [7, 11) is 0. The van der Waals surface area contributed by atoms with E-state index in [-0.39, 0.29) is 30.3 Å². The number of aromatic nitrogens is 2. The average Bonchev–Trinajstić information content (AvgIpc) is 2.96. The Hall–Kier alpha value is -4.54. The molecular weight excluding hydrogens is 570 g/mol. The maximum Gasteiger partial charge on any atom is 0.267 e.